The van der Waals surface area contributed by atoms with E-state index < -0.39 is 42.0 Å². The standard InChI is InChI=1S/C36H44N4O7S/c1-48-22-20-30(38-26-41)33(42)39-31(19-11-12-21-37-36(45)47-25-29-17-9-4-10-18-29)34(43)40-32(23-27-13-5-2-6-14-27)35(44)46-24-28-15-7-3-8-16-28/h2-10,13-18,26,30-32H,11-12,19-25H2,1H3,(H,37,45)(H,38,41)(H,39,42)(H,40,43)/t30-,31-,32-/m0/s1. The number of hydrogen-bond acceptors (Lipinski definition) is 8. The number of carbonyl (C=O) groups is 5. The van der Waals surface area contributed by atoms with Crippen LogP contribution in [0.2, 0.25) is 0 Å². The number of amides is 4. The minimum Gasteiger partial charge on any atom is -0.459 e. The van der Waals surface area contributed by atoms with Crippen LogP contribution in [0.25, 0.3) is 0 Å². The Morgan fingerprint density at radius 1 is 0.688 bits per heavy atom. The second-order valence-electron chi connectivity index (χ2n) is 11.0. The molecule has 4 N–H and O–H groups in total. The highest BCUT2D eigenvalue weighted by Gasteiger charge is 2.29. The second-order valence-corrected chi connectivity index (χ2v) is 12.0. The molecule has 0 aromatic heterocycles. The highest BCUT2D eigenvalue weighted by atomic mass is 32.2. The van der Waals surface area contributed by atoms with Crippen molar-refractivity contribution >= 4 is 42.0 Å². The zero-order valence-corrected chi connectivity index (χ0v) is 27.9. The first-order valence-corrected chi connectivity index (χ1v) is 17.3. The molecule has 4 amide bonds. The lowest BCUT2D eigenvalue weighted by Gasteiger charge is -2.25. The summed E-state index contributed by atoms with van der Waals surface area (Å²) in [6, 6.07) is 24.9. The van der Waals surface area contributed by atoms with Gasteiger partial charge in [0.2, 0.25) is 18.2 Å². The molecule has 11 nitrogen and oxygen atoms in total. The molecule has 3 aromatic carbocycles. The summed E-state index contributed by atoms with van der Waals surface area (Å²) in [5.41, 5.74) is 2.49. The van der Waals surface area contributed by atoms with Gasteiger partial charge in [-0.25, -0.2) is 9.59 Å². The molecule has 3 rings (SSSR count). The molecule has 0 bridgehead atoms. The van der Waals surface area contributed by atoms with Gasteiger partial charge in [-0.1, -0.05) is 91.0 Å². The van der Waals surface area contributed by atoms with Crippen LogP contribution < -0.4 is 21.3 Å². The predicted molar refractivity (Wildman–Crippen MR) is 185 cm³/mol. The average Bonchev–Trinajstić information content (AvgIpc) is 3.11. The van der Waals surface area contributed by atoms with Crippen molar-refractivity contribution in [3.8, 4) is 0 Å². The Balaban J connectivity index is 1.65. The van der Waals surface area contributed by atoms with Crippen molar-refractivity contribution in [1.29, 1.82) is 0 Å². The summed E-state index contributed by atoms with van der Waals surface area (Å²) in [4.78, 5) is 63.6. The van der Waals surface area contributed by atoms with Crippen LogP contribution in [0.1, 0.15) is 42.4 Å². The number of carbonyl (C=O) groups excluding carboxylic acids is 5. The molecule has 12 heteroatoms. The normalized spacial score (nSPS) is 12.4. The Morgan fingerprint density at radius 2 is 1.23 bits per heavy atom. The van der Waals surface area contributed by atoms with Gasteiger partial charge in [-0.15, -0.1) is 0 Å². The molecule has 0 fully saturated rings. The van der Waals surface area contributed by atoms with E-state index in [0.29, 0.717) is 38.0 Å². The van der Waals surface area contributed by atoms with Crippen LogP contribution >= 0.6 is 11.8 Å². The third kappa shape index (κ3) is 14.3. The number of alkyl carbamates (subject to hydrolysis) is 1. The summed E-state index contributed by atoms with van der Waals surface area (Å²) in [5.74, 6) is -1.07. The van der Waals surface area contributed by atoms with Crippen molar-refractivity contribution in [3.05, 3.63) is 108 Å². The van der Waals surface area contributed by atoms with Gasteiger partial charge < -0.3 is 30.7 Å². The first-order chi connectivity index (χ1) is 23.4. The smallest absolute Gasteiger partial charge is 0.407 e. The fourth-order valence-electron chi connectivity index (χ4n) is 4.73. The zero-order chi connectivity index (χ0) is 34.4. The lowest BCUT2D eigenvalue weighted by atomic mass is 10.0. The highest BCUT2D eigenvalue weighted by Crippen LogP contribution is 2.10. The molecule has 0 saturated carbocycles. The van der Waals surface area contributed by atoms with Crippen LogP contribution in [0.4, 0.5) is 4.79 Å². The molecule has 0 aliphatic rings. The summed E-state index contributed by atoms with van der Waals surface area (Å²) in [6.07, 6.45) is 3.51. The minimum atomic E-state index is -1.02. The van der Waals surface area contributed by atoms with Crippen molar-refractivity contribution in [2.75, 3.05) is 18.6 Å². The summed E-state index contributed by atoms with van der Waals surface area (Å²) in [7, 11) is 0. The molecule has 0 heterocycles. The van der Waals surface area contributed by atoms with Crippen molar-refractivity contribution in [2.24, 2.45) is 0 Å². The highest BCUT2D eigenvalue weighted by molar-refractivity contribution is 7.98. The number of hydrogen-bond donors (Lipinski definition) is 4. The molecule has 0 radical (unpaired) electrons. The van der Waals surface area contributed by atoms with E-state index in [9.17, 15) is 24.0 Å². The molecule has 0 aliphatic heterocycles. The first kappa shape index (κ1) is 37.6. The molecule has 256 valence electrons. The van der Waals surface area contributed by atoms with E-state index in [1.807, 2.05) is 97.3 Å². The number of thioether (sulfide) groups is 1. The topological polar surface area (TPSA) is 152 Å². The van der Waals surface area contributed by atoms with Crippen molar-refractivity contribution in [2.45, 2.75) is 63.4 Å². The molecule has 0 unspecified atom stereocenters. The van der Waals surface area contributed by atoms with Crippen LogP contribution in [0, 0.1) is 0 Å². The maximum absolute atomic E-state index is 13.7. The lowest BCUT2D eigenvalue weighted by molar-refractivity contribution is -0.149. The van der Waals surface area contributed by atoms with Gasteiger partial charge in [0, 0.05) is 13.0 Å². The predicted octanol–water partition coefficient (Wildman–Crippen LogP) is 3.91. The molecule has 0 saturated heterocycles. The maximum Gasteiger partial charge on any atom is 0.407 e. The fraction of sp³-hybridized carbons (Fsp3) is 0.361. The van der Waals surface area contributed by atoms with Gasteiger partial charge >= 0.3 is 12.1 Å². The second kappa shape index (κ2) is 21.9. The Bertz CT molecular complexity index is 1410. The van der Waals surface area contributed by atoms with Gasteiger partial charge in [0.05, 0.1) is 0 Å². The fourth-order valence-corrected chi connectivity index (χ4v) is 5.20. The van der Waals surface area contributed by atoms with Crippen LogP contribution in [0.5, 0.6) is 0 Å². The van der Waals surface area contributed by atoms with Crippen LogP contribution in [-0.4, -0.2) is 67.0 Å². The number of ether oxygens (including phenoxy) is 2. The van der Waals surface area contributed by atoms with Crippen molar-refractivity contribution < 1.29 is 33.4 Å². The Labute approximate surface area is 285 Å². The molecular formula is C36H44N4O7S. The van der Waals surface area contributed by atoms with E-state index in [1.165, 1.54) is 11.8 Å². The van der Waals surface area contributed by atoms with Crippen molar-refractivity contribution in [1.82, 2.24) is 21.3 Å². The number of unbranched alkanes of at least 4 members (excludes halogenated alkanes) is 1. The molecule has 3 aromatic rings. The molecule has 3 atom stereocenters. The number of esters is 1. The monoisotopic (exact) mass is 676 g/mol. The van der Waals surface area contributed by atoms with E-state index in [0.717, 1.165) is 16.7 Å². The van der Waals surface area contributed by atoms with E-state index in [-0.39, 0.29) is 26.1 Å². The van der Waals surface area contributed by atoms with Crippen LogP contribution in [-0.2, 0) is 48.3 Å². The van der Waals surface area contributed by atoms with E-state index in [1.54, 1.807) is 0 Å². The molecule has 0 spiro atoms. The number of rotatable bonds is 21. The maximum atomic E-state index is 13.7. The Hall–Kier alpha value is -4.84. The summed E-state index contributed by atoms with van der Waals surface area (Å²) in [6.45, 7) is 0.475. The largest absolute Gasteiger partial charge is 0.459 e. The molecule has 48 heavy (non-hydrogen) atoms. The quantitative estimate of drug-likeness (QED) is 0.0754. The molecule has 0 aliphatic carbocycles. The lowest BCUT2D eigenvalue weighted by Crippen LogP contribution is -2.55. The third-order valence-corrected chi connectivity index (χ3v) is 7.98. The van der Waals surface area contributed by atoms with Gasteiger partial charge in [0.15, 0.2) is 0 Å². The van der Waals surface area contributed by atoms with Gasteiger partial charge in [0.25, 0.3) is 0 Å². The summed E-state index contributed by atoms with van der Waals surface area (Å²) in [5, 5.41) is 10.8. The van der Waals surface area contributed by atoms with Crippen molar-refractivity contribution in [3.63, 3.8) is 0 Å². The van der Waals surface area contributed by atoms with E-state index >= 15 is 0 Å². The third-order valence-electron chi connectivity index (χ3n) is 7.34. The number of nitrogens with one attached hydrogen (secondary N) is 4. The van der Waals surface area contributed by atoms with E-state index in [2.05, 4.69) is 21.3 Å². The summed E-state index contributed by atoms with van der Waals surface area (Å²) < 4.78 is 10.8. The van der Waals surface area contributed by atoms with E-state index in [4.69, 9.17) is 9.47 Å². The minimum absolute atomic E-state index is 0.0380. The zero-order valence-electron chi connectivity index (χ0n) is 27.1. The van der Waals surface area contributed by atoms with Gasteiger partial charge in [-0.05, 0) is 54.4 Å². The average molecular weight is 677 g/mol. The SMILES string of the molecule is CSCC[C@H](NC=O)C(=O)N[C@@H](CCCCNC(=O)OCc1ccccc1)C(=O)N[C@@H](Cc1ccccc1)C(=O)OCc1ccccc1. The summed E-state index contributed by atoms with van der Waals surface area (Å²) >= 11 is 1.53. The first-order valence-electron chi connectivity index (χ1n) is 15.9. The molecular weight excluding hydrogens is 632 g/mol. The Kier molecular flexibility index (Phi) is 17.1. The van der Waals surface area contributed by atoms with Gasteiger partial charge in [-0.3, -0.25) is 14.4 Å². The number of benzene rings is 3. The van der Waals surface area contributed by atoms with Crippen LogP contribution in [0.15, 0.2) is 91.0 Å². The van der Waals surface area contributed by atoms with Gasteiger partial charge in [-0.2, -0.15) is 11.8 Å². The Morgan fingerprint density at radius 3 is 1.81 bits per heavy atom. The van der Waals surface area contributed by atoms with Crippen LogP contribution in [0.3, 0.4) is 0 Å². The van der Waals surface area contributed by atoms with Gasteiger partial charge in [0.1, 0.15) is 31.3 Å².